The van der Waals surface area contributed by atoms with E-state index in [0.717, 1.165) is 13.8 Å². The van der Waals surface area contributed by atoms with Crippen LogP contribution in [0.3, 0.4) is 0 Å². The third-order valence-corrected chi connectivity index (χ3v) is 24.3. The summed E-state index contributed by atoms with van der Waals surface area (Å²) in [6.45, 7) is -10.3. The number of nitrogens with one attached hydrogen (secondary N) is 2. The molecule has 10 heterocycles. The molecule has 1 saturated carbocycles. The summed E-state index contributed by atoms with van der Waals surface area (Å²) in [5.74, 6) is -3.09. The molecule has 11 fully saturated rings. The van der Waals surface area contributed by atoms with Crippen LogP contribution >= 0.6 is 0 Å². The van der Waals surface area contributed by atoms with Crippen LogP contribution in [0.15, 0.2) is 0 Å². The zero-order valence-corrected chi connectivity index (χ0v) is 68.0. The Hall–Kier alpha value is -3.18. The largest absolute Gasteiger partial charge is 0.396 e. The highest BCUT2D eigenvalue weighted by Crippen LogP contribution is 2.42. The van der Waals surface area contributed by atoms with Gasteiger partial charge in [-0.1, -0.05) is 0 Å². The van der Waals surface area contributed by atoms with Gasteiger partial charge in [0.05, 0.1) is 78.3 Å². The second-order valence-corrected chi connectivity index (χ2v) is 32.9. The molecule has 57 heteroatoms. The van der Waals surface area contributed by atoms with Gasteiger partial charge >= 0.3 is 0 Å². The summed E-state index contributed by atoms with van der Waals surface area (Å²) in [5.41, 5.74) is 0. The van der Waals surface area contributed by atoms with E-state index in [2.05, 4.69) is 10.6 Å². The minimum atomic E-state index is -2.73. The molecule has 35 N–H and O–H groups in total. The molecule has 57 nitrogen and oxygen atoms in total. The summed E-state index contributed by atoms with van der Waals surface area (Å²) >= 11 is 0. The van der Waals surface area contributed by atoms with Crippen LogP contribution in [0.25, 0.3) is 0 Å². The Morgan fingerprint density at radius 1 is 0.234 bits per heavy atom. The zero-order chi connectivity index (χ0) is 94.0. The average molecular weight is 1880 g/mol. The normalized spacial score (nSPS) is 51.7. The lowest BCUT2D eigenvalue weighted by Gasteiger charge is -2.51. The molecule has 744 valence electrons. The second-order valence-electron chi connectivity index (χ2n) is 32.9. The lowest BCUT2D eigenvalue weighted by molar-refractivity contribution is -0.404. The predicted molar refractivity (Wildman–Crippen MR) is 389 cm³/mol. The molecular formula is C71H120N2O55. The van der Waals surface area contributed by atoms with Crippen molar-refractivity contribution in [3.63, 3.8) is 0 Å². The van der Waals surface area contributed by atoms with E-state index in [4.69, 9.17) is 94.7 Å². The number of carbonyl (C=O) groups excluding carboxylic acids is 2. The Morgan fingerprint density at radius 2 is 0.516 bits per heavy atom. The number of carbonyl (C=O) groups is 2. The van der Waals surface area contributed by atoms with Gasteiger partial charge in [0.1, 0.15) is 256 Å². The summed E-state index contributed by atoms with van der Waals surface area (Å²) in [5, 5.41) is 373. The van der Waals surface area contributed by atoms with E-state index in [9.17, 15) is 178 Å². The zero-order valence-electron chi connectivity index (χ0n) is 68.0. The molecule has 0 bridgehead atoms. The summed E-state index contributed by atoms with van der Waals surface area (Å²) in [6, 6.07) is -3.72. The molecule has 55 atom stereocenters. The lowest BCUT2D eigenvalue weighted by atomic mass is 9.81. The van der Waals surface area contributed by atoms with Crippen molar-refractivity contribution in [1.82, 2.24) is 10.6 Å². The monoisotopic (exact) mass is 1880 g/mol. The number of rotatable bonds is 33. The highest BCUT2D eigenvalue weighted by molar-refractivity contribution is 5.73. The van der Waals surface area contributed by atoms with Crippen LogP contribution in [-0.2, 0) is 104 Å². The van der Waals surface area contributed by atoms with Crippen molar-refractivity contribution in [2.24, 2.45) is 5.92 Å². The van der Waals surface area contributed by atoms with Crippen molar-refractivity contribution in [2.45, 2.75) is 352 Å². The predicted octanol–water partition coefficient (Wildman–Crippen LogP) is -24.0. The molecular weight excluding hydrogens is 1760 g/mol. The van der Waals surface area contributed by atoms with Gasteiger partial charge in [-0.3, -0.25) is 9.59 Å². The first-order valence-electron chi connectivity index (χ1n) is 41.0. The van der Waals surface area contributed by atoms with Crippen LogP contribution in [0.2, 0.25) is 0 Å². The van der Waals surface area contributed by atoms with Gasteiger partial charge in [0.25, 0.3) is 0 Å². The van der Waals surface area contributed by atoms with Crippen LogP contribution < -0.4 is 10.6 Å². The lowest BCUT2D eigenvalue weighted by Crippen LogP contribution is -2.70. The second kappa shape index (κ2) is 45.9. The van der Waals surface area contributed by atoms with Crippen molar-refractivity contribution in [3.05, 3.63) is 0 Å². The fraction of sp³-hybridized carbons (Fsp3) is 0.972. The average Bonchev–Trinajstić information content (AvgIpc) is 0.766. The van der Waals surface area contributed by atoms with Gasteiger partial charge in [-0.2, -0.15) is 0 Å². The van der Waals surface area contributed by atoms with E-state index in [1.807, 2.05) is 0 Å². The molecule has 1 aliphatic carbocycles. The maximum absolute atomic E-state index is 13.2. The SMILES string of the molecule is CC(=O)N[C@@H]1[C@@H](O)[C@H](O[C@@H]2O[C@H](CO)[C@@H](O[C@@H]3O[C@H](CO[C@H]4O[C@H](CO[C@H]5O[C@H](CO)[C@@H](O)[C@H](O)[C@@H]5O[C@H]5O[C@H](CO)[C@@H](O)[C@H](O)[C@@H]5O)[C@@H](O)[C@H](O[C@H]5O[C@H](CO)[C@@H](O)[C@H](O)[C@@H]5O)[C@@H]4O)[C@@H](O)[C@H](O[C@H]4O[C@H](CO[C@H]5O[C@H](CO)[C@@H](O)[C@H](O)[C@@H]5O)[C@@H](O)[C@H](O)[C@@H]4O[C@H]4O[C@H](CO)[C@@H](O)[C@H](O)[C@@H]4O[C@H]4C[C@H](CO)[C@@H](O)[C@H](O)[C@@H]4O)[C@@H]3O)[C@H](O)[C@H]2NC(C)=O)[C@@H](CO)O[C@H]1O. The molecule has 11 aliphatic rings. The molecule has 0 radical (unpaired) electrons. The third-order valence-electron chi connectivity index (χ3n) is 24.3. The maximum atomic E-state index is 13.2. The Balaban J connectivity index is 0.967. The molecule has 128 heavy (non-hydrogen) atoms. The summed E-state index contributed by atoms with van der Waals surface area (Å²) in [4.78, 5) is 25.4. The van der Waals surface area contributed by atoms with Gasteiger partial charge in [0.15, 0.2) is 62.9 Å². The quantitative estimate of drug-likeness (QED) is 0.0290. The number of hydrogen-bond acceptors (Lipinski definition) is 55. The van der Waals surface area contributed by atoms with E-state index in [-0.39, 0.29) is 0 Å². The molecule has 2 amide bonds. The first-order valence-corrected chi connectivity index (χ1v) is 41.0. The Bertz CT molecular complexity index is 3380. The highest BCUT2D eigenvalue weighted by Gasteiger charge is 2.62. The topological polar surface area (TPSA) is 910 Å². The van der Waals surface area contributed by atoms with E-state index in [0.29, 0.717) is 0 Å². The molecule has 0 aromatic carbocycles. The molecule has 0 unspecified atom stereocenters. The van der Waals surface area contributed by atoms with Gasteiger partial charge < -0.3 is 274 Å². The van der Waals surface area contributed by atoms with Gasteiger partial charge in [0.2, 0.25) is 11.8 Å². The Labute approximate surface area is 723 Å². The molecule has 10 aliphatic heterocycles. The molecule has 0 aromatic heterocycles. The van der Waals surface area contributed by atoms with Crippen LogP contribution in [-0.4, -0.2) is 584 Å². The minimum Gasteiger partial charge on any atom is -0.396 e. The Kier molecular flexibility index (Phi) is 37.7. The number of hydrogen-bond donors (Lipinski definition) is 35. The minimum absolute atomic E-state index is 0.534. The van der Waals surface area contributed by atoms with Crippen molar-refractivity contribution in [1.29, 1.82) is 0 Å². The number of amides is 2. The summed E-state index contributed by atoms with van der Waals surface area (Å²) < 4.78 is 118. The van der Waals surface area contributed by atoms with Crippen LogP contribution in [0, 0.1) is 5.92 Å². The van der Waals surface area contributed by atoms with E-state index >= 15 is 0 Å². The van der Waals surface area contributed by atoms with Crippen LogP contribution in [0.4, 0.5) is 0 Å². The standard InChI is InChI=1S/C71H120N2O55/c1-15(82)72-29-41(94)55(24(10-80)113-62(29)108)123-63-30(73-16(2)83)42(95)56(25(11-81)119-63)124-68-54(107)58(126-71-61(49(102)38(91)26(122-71)12-109-64-50(103)44(97)33(86)19(5-75)114-64)128-70-60(48(101)37(90)23(9-79)118-70)112-18-3-17(4-74)31(84)43(96)32(18)85)40(93)28(121-68)13-110-65-53(106)57(125-66-51(104)45(98)34(87)20(6-76)115-66)39(92)27(120-65)14-111-69-59(47(100)36(89)22(8-78)117-69)127-67-52(105)46(99)35(88)21(7-77)116-67/h17-71,74-81,84-108H,3-14H2,1-2H3,(H,72,82)(H,73,83)/t17-,18+,19-,20-,21-,22-,23-,24-,25-,26-,27-,28-,29-,30-,31-,32-,33-,34-,35-,36-,37-,38-,39-,40-,41-,42-,43+,44+,45+,46+,47+,48+,49+,50+,51+,52+,53+,54+,55-,56-,57+,58+,59+,60+,61+,62-,63+,64+,65+,66-,67-,68+,69+,70-,71-/m1/s1. The number of ether oxygens (including phenoxy) is 20. The molecule has 0 spiro atoms. The van der Waals surface area contributed by atoms with Crippen LogP contribution in [0.1, 0.15) is 20.3 Å². The molecule has 0 aromatic rings. The first-order chi connectivity index (χ1) is 60.6. The summed E-state index contributed by atoms with van der Waals surface area (Å²) in [7, 11) is 0. The van der Waals surface area contributed by atoms with Gasteiger partial charge in [-0.25, -0.2) is 0 Å². The molecule has 10 saturated heterocycles. The molecule has 11 rings (SSSR count). The van der Waals surface area contributed by atoms with Gasteiger partial charge in [-0.15, -0.1) is 0 Å². The van der Waals surface area contributed by atoms with Crippen molar-refractivity contribution < 1.29 is 273 Å². The van der Waals surface area contributed by atoms with Gasteiger partial charge in [-0.05, 0) is 6.42 Å². The van der Waals surface area contributed by atoms with Crippen LogP contribution in [0.5, 0.6) is 0 Å². The Morgan fingerprint density at radius 3 is 0.977 bits per heavy atom. The fourth-order valence-electron chi connectivity index (χ4n) is 16.8. The van der Waals surface area contributed by atoms with E-state index < -0.39 is 428 Å². The van der Waals surface area contributed by atoms with Gasteiger partial charge in [0, 0.05) is 26.4 Å². The first kappa shape index (κ1) is 105. The number of aliphatic hydroxyl groups excluding tert-OH is 33. The van der Waals surface area contributed by atoms with Crippen molar-refractivity contribution >= 4 is 11.8 Å². The fourth-order valence-corrected chi connectivity index (χ4v) is 16.8. The van der Waals surface area contributed by atoms with Crippen molar-refractivity contribution in [2.75, 3.05) is 72.7 Å². The number of aliphatic hydroxyl groups is 33. The summed E-state index contributed by atoms with van der Waals surface area (Å²) in [6.07, 6.45) is -114. The highest BCUT2D eigenvalue weighted by atomic mass is 16.8. The van der Waals surface area contributed by atoms with Crippen molar-refractivity contribution in [3.8, 4) is 0 Å². The third kappa shape index (κ3) is 22.6. The van der Waals surface area contributed by atoms with E-state index in [1.165, 1.54) is 0 Å². The smallest absolute Gasteiger partial charge is 0.217 e. The maximum Gasteiger partial charge on any atom is 0.217 e. The van der Waals surface area contributed by atoms with E-state index in [1.54, 1.807) is 0 Å².